The first-order valence-electron chi connectivity index (χ1n) is 5.62. The number of benzene rings is 1. The summed E-state index contributed by atoms with van der Waals surface area (Å²) in [7, 11) is 0. The van der Waals surface area contributed by atoms with E-state index in [1.54, 1.807) is 0 Å². The Hall–Kier alpha value is -1.35. The van der Waals surface area contributed by atoms with Crippen LogP contribution in [0.4, 0.5) is 0 Å². The molecular weight excluding hydrogens is 204 g/mol. The topological polar surface area (TPSA) is 35.5 Å². The van der Waals surface area contributed by atoms with Crippen LogP contribution in [0.25, 0.3) is 0 Å². The van der Waals surface area contributed by atoms with E-state index in [-0.39, 0.29) is 11.9 Å². The monoisotopic (exact) mass is 220 g/mol. The van der Waals surface area contributed by atoms with Crippen LogP contribution in [-0.2, 0) is 20.9 Å². The van der Waals surface area contributed by atoms with Crippen molar-refractivity contribution in [3.05, 3.63) is 35.4 Å². The Labute approximate surface area is 95.4 Å². The predicted molar refractivity (Wildman–Crippen MR) is 60.1 cm³/mol. The maximum atomic E-state index is 11.4. The van der Waals surface area contributed by atoms with Crippen LogP contribution in [0.3, 0.4) is 0 Å². The van der Waals surface area contributed by atoms with Gasteiger partial charge in [-0.05, 0) is 18.1 Å². The summed E-state index contributed by atoms with van der Waals surface area (Å²) in [6, 6.07) is 8.12. The predicted octanol–water partition coefficient (Wildman–Crippen LogP) is 2.25. The zero-order valence-corrected chi connectivity index (χ0v) is 9.44. The van der Waals surface area contributed by atoms with Gasteiger partial charge in [0.1, 0.15) is 0 Å². The summed E-state index contributed by atoms with van der Waals surface area (Å²) in [5, 5.41) is 0. The average molecular weight is 220 g/mol. The molecule has 0 N–H and O–H groups in total. The van der Waals surface area contributed by atoms with Crippen molar-refractivity contribution in [1.82, 2.24) is 0 Å². The van der Waals surface area contributed by atoms with Gasteiger partial charge >= 0.3 is 5.97 Å². The summed E-state index contributed by atoms with van der Waals surface area (Å²) in [4.78, 5) is 11.4. The second-order valence-corrected chi connectivity index (χ2v) is 3.92. The van der Waals surface area contributed by atoms with Crippen molar-refractivity contribution in [1.29, 1.82) is 0 Å². The van der Waals surface area contributed by atoms with E-state index in [0.29, 0.717) is 26.2 Å². The van der Waals surface area contributed by atoms with E-state index >= 15 is 0 Å². The summed E-state index contributed by atoms with van der Waals surface area (Å²) in [6.07, 6.45) is 0.408. The molecule has 1 aromatic carbocycles. The summed E-state index contributed by atoms with van der Waals surface area (Å²) in [6.45, 7) is 3.52. The smallest absolute Gasteiger partial charge is 0.306 e. The molecule has 0 amide bonds. The minimum Gasteiger partial charge on any atom is -0.466 e. The molecule has 2 rings (SSSR count). The fourth-order valence-electron chi connectivity index (χ4n) is 2.05. The first-order valence-corrected chi connectivity index (χ1v) is 5.62. The van der Waals surface area contributed by atoms with Gasteiger partial charge in [-0.25, -0.2) is 0 Å². The molecule has 1 atom stereocenters. The van der Waals surface area contributed by atoms with Crippen LogP contribution >= 0.6 is 0 Å². The quantitative estimate of drug-likeness (QED) is 0.733. The Kier molecular flexibility index (Phi) is 3.57. The molecule has 0 saturated heterocycles. The highest BCUT2D eigenvalue weighted by Gasteiger charge is 2.23. The highest BCUT2D eigenvalue weighted by atomic mass is 16.5. The first-order chi connectivity index (χ1) is 7.81. The lowest BCUT2D eigenvalue weighted by Gasteiger charge is -2.24. The third-order valence-corrected chi connectivity index (χ3v) is 2.79. The molecular formula is C13H16O3. The lowest BCUT2D eigenvalue weighted by molar-refractivity contribution is -0.144. The van der Waals surface area contributed by atoms with Crippen molar-refractivity contribution in [2.45, 2.75) is 25.9 Å². The third-order valence-electron chi connectivity index (χ3n) is 2.79. The van der Waals surface area contributed by atoms with Crippen molar-refractivity contribution in [2.75, 3.05) is 13.2 Å². The van der Waals surface area contributed by atoms with Crippen LogP contribution < -0.4 is 0 Å². The van der Waals surface area contributed by atoms with Gasteiger partial charge in [-0.1, -0.05) is 24.3 Å². The summed E-state index contributed by atoms with van der Waals surface area (Å²) in [5.74, 6) is -0.00296. The molecule has 1 heterocycles. The average Bonchev–Trinajstić information content (AvgIpc) is 2.30. The van der Waals surface area contributed by atoms with Crippen LogP contribution in [-0.4, -0.2) is 19.2 Å². The van der Waals surface area contributed by atoms with Gasteiger partial charge in [-0.3, -0.25) is 4.79 Å². The van der Waals surface area contributed by atoms with E-state index in [9.17, 15) is 4.79 Å². The molecule has 0 spiro atoms. The summed E-state index contributed by atoms with van der Waals surface area (Å²) >= 11 is 0. The highest BCUT2D eigenvalue weighted by molar-refractivity contribution is 5.70. The fraction of sp³-hybridized carbons (Fsp3) is 0.462. The third kappa shape index (κ3) is 2.42. The van der Waals surface area contributed by atoms with E-state index in [1.165, 1.54) is 11.1 Å². The first kappa shape index (κ1) is 11.1. The summed E-state index contributed by atoms with van der Waals surface area (Å²) < 4.78 is 10.4. The van der Waals surface area contributed by atoms with E-state index < -0.39 is 0 Å². The number of esters is 1. The zero-order chi connectivity index (χ0) is 11.4. The van der Waals surface area contributed by atoms with Gasteiger partial charge in [0.2, 0.25) is 0 Å². The highest BCUT2D eigenvalue weighted by Crippen LogP contribution is 2.29. The number of fused-ring (bicyclic) bond motifs is 1. The van der Waals surface area contributed by atoms with Crippen molar-refractivity contribution >= 4 is 5.97 Å². The number of hydrogen-bond acceptors (Lipinski definition) is 3. The Morgan fingerprint density at radius 1 is 1.50 bits per heavy atom. The minimum absolute atomic E-state index is 0.143. The van der Waals surface area contributed by atoms with Gasteiger partial charge in [0.15, 0.2) is 0 Å². The maximum absolute atomic E-state index is 11.4. The Bertz CT molecular complexity index is 373. The largest absolute Gasteiger partial charge is 0.466 e. The normalized spacial score (nSPS) is 18.9. The fourth-order valence-corrected chi connectivity index (χ4v) is 2.05. The molecule has 0 aromatic heterocycles. The van der Waals surface area contributed by atoms with Gasteiger partial charge in [0.05, 0.1) is 26.2 Å². The van der Waals surface area contributed by atoms with Crippen molar-refractivity contribution in [2.24, 2.45) is 0 Å². The second kappa shape index (κ2) is 5.12. The molecule has 1 aromatic rings. The second-order valence-electron chi connectivity index (χ2n) is 3.92. The Morgan fingerprint density at radius 2 is 2.31 bits per heavy atom. The van der Waals surface area contributed by atoms with Crippen LogP contribution in [0.1, 0.15) is 30.4 Å². The standard InChI is InChI=1S/C13H16O3/c1-2-16-13(14)7-11-9-15-8-10-5-3-4-6-12(10)11/h3-6,11H,2,7-9H2,1H3. The molecule has 0 fully saturated rings. The molecule has 3 nitrogen and oxygen atoms in total. The number of carbonyl (C=O) groups excluding carboxylic acids is 1. The van der Waals surface area contributed by atoms with Crippen LogP contribution in [0.15, 0.2) is 24.3 Å². The van der Waals surface area contributed by atoms with E-state index in [0.717, 1.165) is 0 Å². The Balaban J connectivity index is 2.10. The number of rotatable bonds is 3. The number of carbonyl (C=O) groups is 1. The van der Waals surface area contributed by atoms with Crippen molar-refractivity contribution < 1.29 is 14.3 Å². The molecule has 0 bridgehead atoms. The maximum Gasteiger partial charge on any atom is 0.306 e. The zero-order valence-electron chi connectivity index (χ0n) is 9.44. The Morgan fingerprint density at radius 3 is 3.12 bits per heavy atom. The molecule has 1 aliphatic rings. The molecule has 3 heteroatoms. The van der Waals surface area contributed by atoms with Gasteiger partial charge in [-0.2, -0.15) is 0 Å². The van der Waals surface area contributed by atoms with Crippen LogP contribution in [0, 0.1) is 0 Å². The van der Waals surface area contributed by atoms with E-state index in [2.05, 4.69) is 6.07 Å². The van der Waals surface area contributed by atoms with Gasteiger partial charge < -0.3 is 9.47 Å². The molecule has 0 saturated carbocycles. The molecule has 86 valence electrons. The van der Waals surface area contributed by atoms with Crippen LogP contribution in [0.5, 0.6) is 0 Å². The van der Waals surface area contributed by atoms with Gasteiger partial charge in [0, 0.05) is 5.92 Å². The van der Waals surface area contributed by atoms with Gasteiger partial charge in [0.25, 0.3) is 0 Å². The SMILES string of the molecule is CCOC(=O)CC1COCc2ccccc21. The van der Waals surface area contributed by atoms with Crippen LogP contribution in [0.2, 0.25) is 0 Å². The number of hydrogen-bond donors (Lipinski definition) is 0. The molecule has 0 aliphatic carbocycles. The summed E-state index contributed by atoms with van der Waals surface area (Å²) in [5.41, 5.74) is 2.41. The van der Waals surface area contributed by atoms with Crippen molar-refractivity contribution in [3.8, 4) is 0 Å². The lowest BCUT2D eigenvalue weighted by atomic mass is 9.91. The number of ether oxygens (including phenoxy) is 2. The lowest BCUT2D eigenvalue weighted by Crippen LogP contribution is -2.20. The van der Waals surface area contributed by atoms with Gasteiger partial charge in [-0.15, -0.1) is 0 Å². The molecule has 0 radical (unpaired) electrons. The minimum atomic E-state index is -0.146. The molecule has 16 heavy (non-hydrogen) atoms. The van der Waals surface area contributed by atoms with E-state index in [4.69, 9.17) is 9.47 Å². The molecule has 1 aliphatic heterocycles. The molecule has 1 unspecified atom stereocenters. The van der Waals surface area contributed by atoms with E-state index in [1.807, 2.05) is 25.1 Å². The van der Waals surface area contributed by atoms with Crippen molar-refractivity contribution in [3.63, 3.8) is 0 Å².